The first-order valence-electron chi connectivity index (χ1n) is 15.2. The Bertz CT molecular complexity index is 1320. The summed E-state index contributed by atoms with van der Waals surface area (Å²) in [7, 11) is 0. The Balaban J connectivity index is 1.21. The zero-order valence-electron chi connectivity index (χ0n) is 25.3. The number of Topliss-reactive ketones (excluding diaryl/α,β-unsaturated/α-hetero) is 1. The van der Waals surface area contributed by atoms with Gasteiger partial charge in [0.25, 0.3) is 0 Å². The molecule has 0 aromatic carbocycles. The predicted molar refractivity (Wildman–Crippen MR) is 148 cm³/mol. The minimum Gasteiger partial charge on any atom is -0.462 e. The topological polar surface area (TPSA) is 217 Å². The molecule has 0 radical (unpaired) electrons. The van der Waals surface area contributed by atoms with Crippen molar-refractivity contribution >= 4 is 23.5 Å². The van der Waals surface area contributed by atoms with Crippen LogP contribution >= 0.6 is 0 Å². The van der Waals surface area contributed by atoms with Gasteiger partial charge in [-0.25, -0.2) is 4.39 Å². The van der Waals surface area contributed by atoms with Gasteiger partial charge >= 0.3 is 11.9 Å². The molecule has 250 valence electrons. The smallest absolute Gasteiger partial charge is 0.317 e. The number of rotatable bonds is 8. The lowest BCUT2D eigenvalue weighted by Crippen LogP contribution is -2.69. The van der Waals surface area contributed by atoms with Crippen molar-refractivity contribution in [3.8, 4) is 0 Å². The number of halogens is 1. The molecule has 1 aliphatic heterocycles. The summed E-state index contributed by atoms with van der Waals surface area (Å²) in [6.07, 6.45) is -5.68. The number of carbonyl (C=O) groups excluding carboxylic acids is 4. The fourth-order valence-electron chi connectivity index (χ4n) is 8.89. The number of alkyl halides is 1. The average Bonchev–Trinajstić information content (AvgIpc) is 3.35. The molecule has 0 bridgehead atoms. The van der Waals surface area contributed by atoms with E-state index in [9.17, 15) is 49.8 Å². The number of hydrogen-bond acceptors (Lipinski definition) is 13. The zero-order chi connectivity index (χ0) is 33.3. The summed E-state index contributed by atoms with van der Waals surface area (Å²) in [6, 6.07) is 0. The Kier molecular flexibility index (Phi) is 8.69. The van der Waals surface area contributed by atoms with E-state index in [1.807, 2.05) is 0 Å². The van der Waals surface area contributed by atoms with Crippen LogP contribution < -0.4 is 0 Å². The van der Waals surface area contributed by atoms with Crippen LogP contribution in [0.5, 0.6) is 0 Å². The van der Waals surface area contributed by atoms with Crippen LogP contribution in [-0.2, 0) is 33.4 Å². The van der Waals surface area contributed by atoms with Crippen LogP contribution in [0.25, 0.3) is 0 Å². The van der Waals surface area contributed by atoms with Crippen LogP contribution in [0.4, 0.5) is 4.39 Å². The molecule has 0 aromatic heterocycles. The molecule has 0 spiro atoms. The molecule has 13 nitrogen and oxygen atoms in total. The fraction of sp³-hybridized carbons (Fsp3) is 0.742. The molecule has 0 aromatic rings. The Morgan fingerprint density at radius 1 is 1.09 bits per heavy atom. The van der Waals surface area contributed by atoms with Gasteiger partial charge in [0, 0.05) is 16.7 Å². The lowest BCUT2D eigenvalue weighted by Gasteiger charge is -2.62. The normalized spacial score (nSPS) is 46.0. The molecule has 14 heteroatoms. The Labute approximate surface area is 258 Å². The van der Waals surface area contributed by atoms with Crippen molar-refractivity contribution in [2.24, 2.45) is 28.6 Å². The van der Waals surface area contributed by atoms with Crippen LogP contribution in [0.15, 0.2) is 23.8 Å². The van der Waals surface area contributed by atoms with E-state index in [-0.39, 0.29) is 18.6 Å². The first kappa shape index (κ1) is 33.8. The summed E-state index contributed by atoms with van der Waals surface area (Å²) in [6.45, 7) is 3.32. The third-order valence-electron chi connectivity index (χ3n) is 11.4. The van der Waals surface area contributed by atoms with Crippen LogP contribution in [0.3, 0.4) is 0 Å². The van der Waals surface area contributed by atoms with Gasteiger partial charge in [-0.1, -0.05) is 25.5 Å². The lowest BCUT2D eigenvalue weighted by atomic mass is 9.44. The third kappa shape index (κ3) is 5.00. The molecule has 5 rings (SSSR count). The van der Waals surface area contributed by atoms with Gasteiger partial charge in [0.15, 0.2) is 24.3 Å². The molecule has 4 aliphatic carbocycles. The van der Waals surface area contributed by atoms with Crippen molar-refractivity contribution in [2.75, 3.05) is 13.2 Å². The molecule has 5 aliphatic rings. The number of esters is 2. The van der Waals surface area contributed by atoms with E-state index >= 15 is 4.39 Å². The molecule has 13 atom stereocenters. The van der Waals surface area contributed by atoms with Crippen LogP contribution in [0, 0.1) is 28.6 Å². The summed E-state index contributed by atoms with van der Waals surface area (Å²) < 4.78 is 31.9. The third-order valence-corrected chi connectivity index (χ3v) is 11.4. The molecule has 4 fully saturated rings. The summed E-state index contributed by atoms with van der Waals surface area (Å²) in [5.41, 5.74) is -6.13. The molecule has 0 unspecified atom stereocenters. The van der Waals surface area contributed by atoms with Gasteiger partial charge in [0.05, 0.1) is 6.10 Å². The summed E-state index contributed by atoms with van der Waals surface area (Å²) >= 11 is 0. The average molecular weight is 641 g/mol. The number of carbonyl (C=O) groups is 4. The number of aliphatic hydroxyl groups is 6. The number of aliphatic hydroxyl groups excluding tert-OH is 5. The Hall–Kier alpha value is -2.59. The zero-order valence-corrected chi connectivity index (χ0v) is 25.3. The van der Waals surface area contributed by atoms with E-state index in [1.54, 1.807) is 20.8 Å². The van der Waals surface area contributed by atoms with Crippen molar-refractivity contribution < 1.29 is 68.4 Å². The summed E-state index contributed by atoms with van der Waals surface area (Å²) in [5, 5.41) is 62.2. The number of fused-ring (bicyclic) bond motifs is 5. The molecule has 0 amide bonds. The number of ketones is 2. The molecule has 3 saturated carbocycles. The van der Waals surface area contributed by atoms with Gasteiger partial charge in [-0.05, 0) is 56.6 Å². The molecule has 1 saturated heterocycles. The maximum absolute atomic E-state index is 17.3. The van der Waals surface area contributed by atoms with Gasteiger partial charge in [0.1, 0.15) is 43.0 Å². The highest BCUT2D eigenvalue weighted by molar-refractivity contribution is 6.01. The van der Waals surface area contributed by atoms with Gasteiger partial charge in [-0.2, -0.15) is 0 Å². The van der Waals surface area contributed by atoms with Crippen LogP contribution in [-0.4, -0.2) is 115 Å². The van der Waals surface area contributed by atoms with Crippen molar-refractivity contribution in [3.63, 3.8) is 0 Å². The molecule has 6 N–H and O–H groups in total. The predicted octanol–water partition coefficient (Wildman–Crippen LogP) is -0.820. The largest absolute Gasteiger partial charge is 0.462 e. The van der Waals surface area contributed by atoms with Gasteiger partial charge in [-0.15, -0.1) is 0 Å². The highest BCUT2D eigenvalue weighted by Gasteiger charge is 2.75. The first-order chi connectivity index (χ1) is 20.9. The SMILES string of the molecule is C[C@@H]1C[C@H]2[C@@H]3CCC4=CC(=O)C=C[C@]4(C)[C@@]3(F)[C@@H](O)C[C@]2(C)[C@@]1(O)C(=O)COC(=O)CC(=O)OC[C@@H](O)[C@H]1O[C@H](O)[C@@H](O)[C@H]1O. The Morgan fingerprint density at radius 2 is 1.76 bits per heavy atom. The maximum atomic E-state index is 17.3. The van der Waals surface area contributed by atoms with Gasteiger partial charge in [-0.3, -0.25) is 19.2 Å². The van der Waals surface area contributed by atoms with E-state index in [0.717, 1.165) is 0 Å². The second-order valence-corrected chi connectivity index (χ2v) is 13.7. The van der Waals surface area contributed by atoms with Crippen molar-refractivity contribution in [1.82, 2.24) is 0 Å². The molecule has 1 heterocycles. The van der Waals surface area contributed by atoms with E-state index in [1.165, 1.54) is 18.2 Å². The maximum Gasteiger partial charge on any atom is 0.317 e. The number of allylic oxidation sites excluding steroid dienone is 4. The van der Waals surface area contributed by atoms with E-state index in [0.29, 0.717) is 18.4 Å². The first-order valence-corrected chi connectivity index (χ1v) is 15.2. The summed E-state index contributed by atoms with van der Waals surface area (Å²) in [5.74, 6) is -5.33. The Morgan fingerprint density at radius 3 is 2.40 bits per heavy atom. The fourth-order valence-corrected chi connectivity index (χ4v) is 8.89. The second-order valence-electron chi connectivity index (χ2n) is 13.7. The number of ether oxygens (including phenoxy) is 3. The molecular formula is C31H41FO13. The monoisotopic (exact) mass is 640 g/mol. The van der Waals surface area contributed by atoms with Gasteiger partial charge in [0.2, 0.25) is 5.78 Å². The second kappa shape index (κ2) is 11.6. The van der Waals surface area contributed by atoms with Crippen LogP contribution in [0.1, 0.15) is 52.9 Å². The highest BCUT2D eigenvalue weighted by Crippen LogP contribution is 2.70. The minimum atomic E-state index is -2.14. The van der Waals surface area contributed by atoms with Crippen molar-refractivity contribution in [1.29, 1.82) is 0 Å². The van der Waals surface area contributed by atoms with Crippen LogP contribution in [0.2, 0.25) is 0 Å². The highest BCUT2D eigenvalue weighted by atomic mass is 19.1. The molecular weight excluding hydrogens is 599 g/mol. The quantitative estimate of drug-likeness (QED) is 0.141. The minimum absolute atomic E-state index is 0.241. The van der Waals surface area contributed by atoms with Gasteiger partial charge < -0.3 is 44.8 Å². The van der Waals surface area contributed by atoms with E-state index < -0.39 is 114 Å². The van der Waals surface area contributed by atoms with Crippen molar-refractivity contribution in [2.45, 2.75) is 101 Å². The number of hydrogen-bond donors (Lipinski definition) is 6. The van der Waals surface area contributed by atoms with Crippen molar-refractivity contribution in [3.05, 3.63) is 23.8 Å². The van der Waals surface area contributed by atoms with E-state index in [4.69, 9.17) is 14.2 Å². The lowest BCUT2D eigenvalue weighted by molar-refractivity contribution is -0.220. The summed E-state index contributed by atoms with van der Waals surface area (Å²) in [4.78, 5) is 50.1. The van der Waals surface area contributed by atoms with E-state index in [2.05, 4.69) is 0 Å². The standard InChI is InChI=1S/C31H41FO13/c1-14-8-18-17-5-4-15-9-16(33)6-7-28(15,2)30(17,32)20(35)11-29(18,3)31(14,42)21(36)13-44-23(38)10-22(37)43-12-19(34)26-24(39)25(40)27(41)45-26/h6-7,9,14,17-20,24-27,34-35,39-42H,4-5,8,10-13H2,1-3H3/t14-,17+,18+,19-,20+,24-,25+,26-,27+,28+,29+,30+,31+/m1/s1. The molecule has 45 heavy (non-hydrogen) atoms.